The van der Waals surface area contributed by atoms with E-state index in [1.165, 1.54) is 0 Å². The number of anilines is 1. The Morgan fingerprint density at radius 1 is 1.06 bits per heavy atom. The van der Waals surface area contributed by atoms with E-state index in [0.717, 1.165) is 43.2 Å². The first-order valence-corrected chi connectivity index (χ1v) is 11.4. The summed E-state index contributed by atoms with van der Waals surface area (Å²) >= 11 is 0. The van der Waals surface area contributed by atoms with Gasteiger partial charge in [-0.3, -0.25) is 14.7 Å². The summed E-state index contributed by atoms with van der Waals surface area (Å²) in [6.07, 6.45) is 3.65. The van der Waals surface area contributed by atoms with E-state index in [1.54, 1.807) is 31.5 Å². The Bertz CT molecular complexity index is 1130. The summed E-state index contributed by atoms with van der Waals surface area (Å²) in [6, 6.07) is 17.4. The van der Waals surface area contributed by atoms with Crippen molar-refractivity contribution in [1.29, 1.82) is 0 Å². The van der Waals surface area contributed by atoms with Gasteiger partial charge in [-0.15, -0.1) is 0 Å². The Kier molecular flexibility index (Phi) is 6.49. The minimum absolute atomic E-state index is 0.0199. The topological polar surface area (TPSA) is 76.2 Å². The van der Waals surface area contributed by atoms with Crippen molar-refractivity contribution in [3.8, 4) is 17.2 Å². The second-order valence-electron chi connectivity index (χ2n) is 8.28. The third kappa shape index (κ3) is 4.63. The van der Waals surface area contributed by atoms with Crippen LogP contribution in [0, 0.1) is 0 Å². The number of carbonyl (C=O) groups is 1. The van der Waals surface area contributed by atoms with E-state index in [2.05, 4.69) is 32.2 Å². The molecule has 1 amide bonds. The summed E-state index contributed by atoms with van der Waals surface area (Å²) in [5.74, 6) is 2.01. The number of ether oxygens (including phenoxy) is 3. The van der Waals surface area contributed by atoms with Crippen LogP contribution in [0.25, 0.3) is 0 Å². The van der Waals surface area contributed by atoms with Gasteiger partial charge in [0.1, 0.15) is 5.75 Å². The molecule has 2 aliphatic heterocycles. The van der Waals surface area contributed by atoms with Crippen molar-refractivity contribution in [2.24, 2.45) is 0 Å². The van der Waals surface area contributed by atoms with E-state index in [-0.39, 0.29) is 18.7 Å². The molecule has 1 fully saturated rings. The van der Waals surface area contributed by atoms with Crippen LogP contribution in [0.4, 0.5) is 5.69 Å². The first-order chi connectivity index (χ1) is 16.7. The maximum Gasteiger partial charge on any atom is 0.251 e. The summed E-state index contributed by atoms with van der Waals surface area (Å²) in [7, 11) is 1.70. The van der Waals surface area contributed by atoms with Crippen LogP contribution in [0.15, 0.2) is 67.0 Å². The van der Waals surface area contributed by atoms with Gasteiger partial charge in [-0.2, -0.15) is 0 Å². The van der Waals surface area contributed by atoms with E-state index in [1.807, 2.05) is 30.5 Å². The number of hydrogen-bond donors (Lipinski definition) is 1. The molecule has 1 unspecified atom stereocenters. The fraction of sp³-hybridized carbons (Fsp3) is 0.308. The van der Waals surface area contributed by atoms with Crippen molar-refractivity contribution in [3.05, 3.63) is 78.1 Å². The summed E-state index contributed by atoms with van der Waals surface area (Å²) in [6.45, 7) is 4.12. The van der Waals surface area contributed by atoms with Gasteiger partial charge < -0.3 is 24.4 Å². The van der Waals surface area contributed by atoms with E-state index in [9.17, 15) is 4.79 Å². The second kappa shape index (κ2) is 10.0. The van der Waals surface area contributed by atoms with Gasteiger partial charge in [0.2, 0.25) is 6.79 Å². The molecule has 2 aromatic carbocycles. The number of aromatic nitrogens is 1. The highest BCUT2D eigenvalue weighted by atomic mass is 16.7. The lowest BCUT2D eigenvalue weighted by molar-refractivity contribution is 0.0929. The van der Waals surface area contributed by atoms with Crippen molar-refractivity contribution in [2.45, 2.75) is 6.04 Å². The first-order valence-electron chi connectivity index (χ1n) is 11.4. The van der Waals surface area contributed by atoms with E-state index >= 15 is 0 Å². The molecule has 5 rings (SSSR count). The summed E-state index contributed by atoms with van der Waals surface area (Å²) in [4.78, 5) is 22.0. The molecule has 3 aromatic rings. The van der Waals surface area contributed by atoms with E-state index in [0.29, 0.717) is 23.6 Å². The smallest absolute Gasteiger partial charge is 0.251 e. The Balaban J connectivity index is 1.27. The van der Waals surface area contributed by atoms with Crippen molar-refractivity contribution in [3.63, 3.8) is 0 Å². The lowest BCUT2D eigenvalue weighted by atomic mass is 10.1. The molecule has 8 nitrogen and oxygen atoms in total. The number of piperazine rings is 1. The van der Waals surface area contributed by atoms with Crippen LogP contribution in [0.5, 0.6) is 17.2 Å². The number of fused-ring (bicyclic) bond motifs is 1. The predicted octanol–water partition coefficient (Wildman–Crippen LogP) is 3.11. The lowest BCUT2D eigenvalue weighted by Gasteiger charge is -2.40. The molecule has 8 heteroatoms. The summed E-state index contributed by atoms with van der Waals surface area (Å²) < 4.78 is 16.3. The molecule has 0 spiro atoms. The third-order valence-corrected chi connectivity index (χ3v) is 6.34. The van der Waals surface area contributed by atoms with Crippen LogP contribution in [0.3, 0.4) is 0 Å². The van der Waals surface area contributed by atoms with Crippen LogP contribution in [0.2, 0.25) is 0 Å². The third-order valence-electron chi connectivity index (χ3n) is 6.34. The Hall–Kier alpha value is -3.78. The van der Waals surface area contributed by atoms with Crippen LogP contribution in [0.1, 0.15) is 22.0 Å². The molecule has 2 aliphatic rings. The van der Waals surface area contributed by atoms with Gasteiger partial charge in [0.25, 0.3) is 5.91 Å². The van der Waals surface area contributed by atoms with Crippen molar-refractivity contribution < 1.29 is 19.0 Å². The number of carbonyl (C=O) groups excluding carboxylic acids is 1. The average molecular weight is 461 g/mol. The monoisotopic (exact) mass is 460 g/mol. The Morgan fingerprint density at radius 3 is 2.68 bits per heavy atom. The number of para-hydroxylation sites is 2. The van der Waals surface area contributed by atoms with Crippen molar-refractivity contribution >= 4 is 11.6 Å². The lowest BCUT2D eigenvalue weighted by Crippen LogP contribution is -2.50. The number of pyridine rings is 1. The standard InChI is InChI=1S/C26H28N4O4/c1-32-23-7-3-2-6-21(23)29-11-13-30(14-12-29)22(20-5-4-10-27-16-20)17-28-26(31)19-8-9-24-25(15-19)34-18-33-24/h2-10,15-16,22H,11-14,17-18H2,1H3,(H,28,31). The minimum Gasteiger partial charge on any atom is -0.495 e. The molecule has 1 N–H and O–H groups in total. The zero-order valence-electron chi connectivity index (χ0n) is 19.1. The van der Waals surface area contributed by atoms with Gasteiger partial charge >= 0.3 is 0 Å². The van der Waals surface area contributed by atoms with Gasteiger partial charge in [-0.1, -0.05) is 18.2 Å². The van der Waals surface area contributed by atoms with Gasteiger partial charge in [-0.05, 0) is 42.0 Å². The van der Waals surface area contributed by atoms with Crippen molar-refractivity contribution in [2.75, 3.05) is 51.5 Å². The molecule has 176 valence electrons. The molecule has 0 saturated carbocycles. The number of nitrogens with zero attached hydrogens (tertiary/aromatic N) is 3. The molecule has 34 heavy (non-hydrogen) atoms. The molecule has 0 bridgehead atoms. The second-order valence-corrected chi connectivity index (χ2v) is 8.28. The zero-order chi connectivity index (χ0) is 23.3. The van der Waals surface area contributed by atoms with Crippen LogP contribution in [-0.2, 0) is 0 Å². The van der Waals surface area contributed by atoms with E-state index < -0.39 is 0 Å². The first kappa shape index (κ1) is 22.0. The molecule has 0 aliphatic carbocycles. The van der Waals surface area contributed by atoms with Gasteiger partial charge in [0.15, 0.2) is 11.5 Å². The molecular formula is C26H28N4O4. The van der Waals surface area contributed by atoms with Gasteiger partial charge in [0, 0.05) is 50.7 Å². The maximum absolute atomic E-state index is 12.9. The largest absolute Gasteiger partial charge is 0.495 e. The fourth-order valence-corrected chi connectivity index (χ4v) is 4.53. The quantitative estimate of drug-likeness (QED) is 0.581. The average Bonchev–Trinajstić information content (AvgIpc) is 3.38. The molecule has 1 saturated heterocycles. The predicted molar refractivity (Wildman–Crippen MR) is 129 cm³/mol. The summed E-state index contributed by atoms with van der Waals surface area (Å²) in [5, 5.41) is 3.11. The van der Waals surface area contributed by atoms with Crippen molar-refractivity contribution in [1.82, 2.24) is 15.2 Å². The molecular weight excluding hydrogens is 432 g/mol. The van der Waals surface area contributed by atoms with Gasteiger partial charge in [0.05, 0.1) is 18.8 Å². The van der Waals surface area contributed by atoms with Crippen LogP contribution >= 0.6 is 0 Å². The van der Waals surface area contributed by atoms with Gasteiger partial charge in [-0.25, -0.2) is 0 Å². The summed E-state index contributed by atoms with van der Waals surface area (Å²) in [5.41, 5.74) is 2.74. The van der Waals surface area contributed by atoms with E-state index in [4.69, 9.17) is 14.2 Å². The highest BCUT2D eigenvalue weighted by Gasteiger charge is 2.27. The highest BCUT2D eigenvalue weighted by Crippen LogP contribution is 2.33. The molecule has 3 heterocycles. The molecule has 1 atom stereocenters. The van der Waals surface area contributed by atoms with Crippen LogP contribution in [-0.4, -0.2) is 62.4 Å². The zero-order valence-corrected chi connectivity index (χ0v) is 19.1. The molecule has 1 aromatic heterocycles. The Labute approximate surface area is 199 Å². The Morgan fingerprint density at radius 2 is 1.88 bits per heavy atom. The number of methoxy groups -OCH3 is 1. The number of nitrogens with one attached hydrogen (secondary N) is 1. The SMILES string of the molecule is COc1ccccc1N1CCN(C(CNC(=O)c2ccc3c(c2)OCO3)c2cccnc2)CC1. The number of hydrogen-bond acceptors (Lipinski definition) is 7. The number of benzene rings is 2. The number of amides is 1. The molecule has 0 radical (unpaired) electrons. The minimum atomic E-state index is -0.139. The normalized spacial score (nSPS) is 16.2. The maximum atomic E-state index is 12.9. The van der Waals surface area contributed by atoms with Crippen LogP contribution < -0.4 is 24.4 Å². The highest BCUT2D eigenvalue weighted by molar-refractivity contribution is 5.95. The fourth-order valence-electron chi connectivity index (χ4n) is 4.53. The number of rotatable bonds is 7.